The topological polar surface area (TPSA) is 119 Å². The first-order valence-electron chi connectivity index (χ1n) is 11.9. The molecule has 38 heavy (non-hydrogen) atoms. The van der Waals surface area contributed by atoms with Gasteiger partial charge in [-0.1, -0.05) is 18.2 Å². The molecular formula is C30H27N7O. The SMILES string of the molecule is COc1ccccc1CNc1cnc(Nc2ccc(C#N)cc2)nc1Nc1c(C)cc(/C=C/C#N)cc1C. The minimum atomic E-state index is 0.406. The van der Waals surface area contributed by atoms with Crippen molar-refractivity contribution in [3.05, 3.63) is 101 Å². The van der Waals surface area contributed by atoms with Crippen LogP contribution in [0.25, 0.3) is 6.08 Å². The summed E-state index contributed by atoms with van der Waals surface area (Å²) in [7, 11) is 1.65. The van der Waals surface area contributed by atoms with Gasteiger partial charge in [-0.25, -0.2) is 4.98 Å². The number of aryl methyl sites for hydroxylation is 2. The first-order valence-corrected chi connectivity index (χ1v) is 11.9. The van der Waals surface area contributed by atoms with Crippen LogP contribution in [0.5, 0.6) is 5.75 Å². The van der Waals surface area contributed by atoms with Crippen LogP contribution in [-0.2, 0) is 6.54 Å². The number of hydrogen-bond acceptors (Lipinski definition) is 8. The molecule has 4 rings (SSSR count). The van der Waals surface area contributed by atoms with Crippen LogP contribution in [0.2, 0.25) is 0 Å². The van der Waals surface area contributed by atoms with E-state index in [4.69, 9.17) is 20.2 Å². The maximum atomic E-state index is 9.06. The molecule has 0 saturated carbocycles. The standard InChI is InChI=1S/C30H27N7O/c1-20-15-23(7-6-14-31)16-21(2)28(20)36-29-26(33-18-24-8-4-5-9-27(24)38-3)19-34-30(37-29)35-25-12-10-22(17-32)11-13-25/h4-13,15-16,19,33H,18H2,1-3H3,(H2,34,35,36,37)/b7-6+. The summed E-state index contributed by atoms with van der Waals surface area (Å²) in [5, 5.41) is 28.0. The number of nitriles is 2. The summed E-state index contributed by atoms with van der Waals surface area (Å²) in [4.78, 5) is 9.27. The average molecular weight is 502 g/mol. The van der Waals surface area contributed by atoms with E-state index >= 15 is 0 Å². The van der Waals surface area contributed by atoms with Crippen LogP contribution >= 0.6 is 0 Å². The van der Waals surface area contributed by atoms with Crippen molar-refractivity contribution in [3.8, 4) is 17.9 Å². The third-order valence-corrected chi connectivity index (χ3v) is 5.87. The highest BCUT2D eigenvalue weighted by Gasteiger charge is 2.13. The van der Waals surface area contributed by atoms with E-state index in [2.05, 4.69) is 27.0 Å². The lowest BCUT2D eigenvalue weighted by Gasteiger charge is -2.18. The summed E-state index contributed by atoms with van der Waals surface area (Å²) in [6.07, 6.45) is 4.98. The normalized spacial score (nSPS) is 10.4. The summed E-state index contributed by atoms with van der Waals surface area (Å²) < 4.78 is 5.49. The first kappa shape index (κ1) is 25.7. The predicted molar refractivity (Wildman–Crippen MR) is 151 cm³/mol. The molecule has 0 fully saturated rings. The Kier molecular flexibility index (Phi) is 8.18. The molecule has 0 amide bonds. The molecule has 0 unspecified atom stereocenters. The van der Waals surface area contributed by atoms with Gasteiger partial charge in [-0.05, 0) is 79.1 Å². The first-order chi connectivity index (χ1) is 18.5. The molecule has 4 aromatic rings. The quantitative estimate of drug-likeness (QED) is 0.219. The molecule has 0 aliphatic carbocycles. The van der Waals surface area contributed by atoms with E-state index in [0.717, 1.165) is 39.4 Å². The van der Waals surface area contributed by atoms with Gasteiger partial charge in [0.05, 0.1) is 36.7 Å². The summed E-state index contributed by atoms with van der Waals surface area (Å²) in [5.41, 5.74) is 6.96. The molecule has 0 spiro atoms. The maximum Gasteiger partial charge on any atom is 0.229 e. The number of para-hydroxylation sites is 1. The molecule has 188 valence electrons. The number of ether oxygens (including phenoxy) is 1. The largest absolute Gasteiger partial charge is 0.496 e. The number of aromatic nitrogens is 2. The Morgan fingerprint density at radius 1 is 0.974 bits per heavy atom. The zero-order valence-corrected chi connectivity index (χ0v) is 21.4. The molecular weight excluding hydrogens is 474 g/mol. The van der Waals surface area contributed by atoms with E-state index in [-0.39, 0.29) is 0 Å². The van der Waals surface area contributed by atoms with E-state index < -0.39 is 0 Å². The Hall–Kier alpha value is -5.34. The van der Waals surface area contributed by atoms with Crippen molar-refractivity contribution in [2.24, 2.45) is 0 Å². The van der Waals surface area contributed by atoms with Crippen LogP contribution in [0.4, 0.5) is 28.8 Å². The molecule has 0 saturated heterocycles. The van der Waals surface area contributed by atoms with Crippen molar-refractivity contribution in [3.63, 3.8) is 0 Å². The maximum absolute atomic E-state index is 9.06. The molecule has 0 bridgehead atoms. The highest BCUT2D eigenvalue weighted by atomic mass is 16.5. The summed E-state index contributed by atoms with van der Waals surface area (Å²) >= 11 is 0. The van der Waals surface area contributed by atoms with E-state index in [9.17, 15) is 0 Å². The zero-order valence-electron chi connectivity index (χ0n) is 21.4. The lowest BCUT2D eigenvalue weighted by atomic mass is 10.0. The van der Waals surface area contributed by atoms with Gasteiger partial charge in [-0.2, -0.15) is 15.5 Å². The Bertz CT molecular complexity index is 1520. The number of anilines is 5. The van der Waals surface area contributed by atoms with Crippen molar-refractivity contribution in [1.82, 2.24) is 9.97 Å². The lowest BCUT2D eigenvalue weighted by Crippen LogP contribution is -2.09. The third-order valence-electron chi connectivity index (χ3n) is 5.87. The van der Waals surface area contributed by atoms with E-state index in [1.807, 2.05) is 68.4 Å². The Morgan fingerprint density at radius 3 is 2.39 bits per heavy atom. The Labute approximate surface area is 222 Å². The third kappa shape index (κ3) is 6.26. The number of allylic oxidation sites excluding steroid dienone is 1. The Balaban J connectivity index is 1.67. The van der Waals surface area contributed by atoms with Crippen LogP contribution < -0.4 is 20.7 Å². The second-order valence-corrected chi connectivity index (χ2v) is 8.55. The van der Waals surface area contributed by atoms with Crippen LogP contribution in [0, 0.1) is 36.5 Å². The number of nitrogens with one attached hydrogen (secondary N) is 3. The molecule has 3 N–H and O–H groups in total. The minimum absolute atomic E-state index is 0.406. The fourth-order valence-corrected chi connectivity index (χ4v) is 4.01. The summed E-state index contributed by atoms with van der Waals surface area (Å²) in [6.45, 7) is 4.54. The molecule has 0 radical (unpaired) electrons. The van der Waals surface area contributed by atoms with Gasteiger partial charge in [0.25, 0.3) is 0 Å². The van der Waals surface area contributed by atoms with Crippen molar-refractivity contribution >= 4 is 34.9 Å². The van der Waals surface area contributed by atoms with Gasteiger partial charge in [0.1, 0.15) is 5.75 Å². The molecule has 0 aliphatic rings. The van der Waals surface area contributed by atoms with Gasteiger partial charge in [0.2, 0.25) is 5.95 Å². The minimum Gasteiger partial charge on any atom is -0.496 e. The lowest BCUT2D eigenvalue weighted by molar-refractivity contribution is 0.410. The molecule has 0 aliphatic heterocycles. The fourth-order valence-electron chi connectivity index (χ4n) is 4.01. The zero-order chi connectivity index (χ0) is 26.9. The summed E-state index contributed by atoms with van der Waals surface area (Å²) in [6, 6.07) is 23.1. The van der Waals surface area contributed by atoms with Crippen LogP contribution in [0.3, 0.4) is 0 Å². The van der Waals surface area contributed by atoms with Gasteiger partial charge < -0.3 is 20.7 Å². The van der Waals surface area contributed by atoms with Crippen molar-refractivity contribution in [2.45, 2.75) is 20.4 Å². The second-order valence-electron chi connectivity index (χ2n) is 8.55. The van der Waals surface area contributed by atoms with Gasteiger partial charge in [0.15, 0.2) is 5.82 Å². The second kappa shape index (κ2) is 12.1. The van der Waals surface area contributed by atoms with Crippen molar-refractivity contribution in [1.29, 1.82) is 10.5 Å². The van der Waals surface area contributed by atoms with E-state index in [0.29, 0.717) is 29.6 Å². The number of nitrogens with zero attached hydrogens (tertiary/aromatic N) is 4. The number of methoxy groups -OCH3 is 1. The van der Waals surface area contributed by atoms with Crippen LogP contribution in [-0.4, -0.2) is 17.1 Å². The average Bonchev–Trinajstić information content (AvgIpc) is 2.94. The van der Waals surface area contributed by atoms with Crippen molar-refractivity contribution < 1.29 is 4.74 Å². The molecule has 3 aromatic carbocycles. The fraction of sp³-hybridized carbons (Fsp3) is 0.133. The highest BCUT2D eigenvalue weighted by molar-refractivity contribution is 5.76. The number of benzene rings is 3. The number of hydrogen-bond donors (Lipinski definition) is 3. The molecule has 8 heteroatoms. The molecule has 1 heterocycles. The number of rotatable bonds is 9. The molecule has 1 aromatic heterocycles. The molecule has 8 nitrogen and oxygen atoms in total. The predicted octanol–water partition coefficient (Wildman–Crippen LogP) is 6.61. The van der Waals surface area contributed by atoms with Crippen molar-refractivity contribution in [2.75, 3.05) is 23.1 Å². The van der Waals surface area contributed by atoms with E-state index in [1.165, 1.54) is 6.08 Å². The van der Waals surface area contributed by atoms with Crippen LogP contribution in [0.1, 0.15) is 27.8 Å². The van der Waals surface area contributed by atoms with Gasteiger partial charge in [-0.15, -0.1) is 0 Å². The summed E-state index contributed by atoms with van der Waals surface area (Å²) in [5.74, 6) is 1.80. The highest BCUT2D eigenvalue weighted by Crippen LogP contribution is 2.31. The monoisotopic (exact) mass is 501 g/mol. The Morgan fingerprint density at radius 2 is 1.71 bits per heavy atom. The van der Waals surface area contributed by atoms with Crippen LogP contribution in [0.15, 0.2) is 72.9 Å². The molecule has 0 atom stereocenters. The van der Waals surface area contributed by atoms with Gasteiger partial charge in [0, 0.05) is 29.6 Å². The van der Waals surface area contributed by atoms with Gasteiger partial charge in [-0.3, -0.25) is 0 Å². The van der Waals surface area contributed by atoms with E-state index in [1.54, 1.807) is 31.5 Å². The smallest absolute Gasteiger partial charge is 0.229 e. The van der Waals surface area contributed by atoms with Gasteiger partial charge >= 0.3 is 0 Å².